The molecule has 0 N–H and O–H groups in total. The molecule has 0 aromatic carbocycles. The summed E-state index contributed by atoms with van der Waals surface area (Å²) < 4.78 is 0. The highest BCUT2D eigenvalue weighted by molar-refractivity contribution is 7.16. The molecule has 12 heavy (non-hydrogen) atoms. The van der Waals surface area contributed by atoms with E-state index < -0.39 is 0 Å². The van der Waals surface area contributed by atoms with Crippen LogP contribution in [0.4, 0.5) is 5.95 Å². The first-order chi connectivity index (χ1) is 5.77. The Kier molecular flexibility index (Phi) is 1.69. The van der Waals surface area contributed by atoms with Crippen molar-refractivity contribution in [3.63, 3.8) is 0 Å². The maximum atomic E-state index is 4.37. The van der Waals surface area contributed by atoms with Crippen molar-refractivity contribution in [3.8, 4) is 0 Å². The molecule has 0 saturated heterocycles. The zero-order valence-electron chi connectivity index (χ0n) is 6.98. The van der Waals surface area contributed by atoms with Crippen LogP contribution >= 0.6 is 11.3 Å². The molecule has 0 aliphatic rings. The summed E-state index contributed by atoms with van der Waals surface area (Å²) in [6.45, 7) is 0. The molecular weight excluding hydrogens is 170 g/mol. The Hall–Kier alpha value is -1.16. The van der Waals surface area contributed by atoms with E-state index in [-0.39, 0.29) is 0 Å². The third kappa shape index (κ3) is 1.14. The fourth-order valence-corrected chi connectivity index (χ4v) is 1.70. The molecule has 2 heterocycles. The second kappa shape index (κ2) is 2.71. The normalized spacial score (nSPS) is 10.5. The molecule has 0 saturated carbocycles. The molecule has 0 bridgehead atoms. The van der Waals surface area contributed by atoms with E-state index in [1.807, 2.05) is 36.6 Å². The summed E-state index contributed by atoms with van der Waals surface area (Å²) in [5.74, 6) is 0.768. The van der Waals surface area contributed by atoms with Gasteiger partial charge in [0.2, 0.25) is 5.95 Å². The number of thiophene rings is 1. The third-order valence-corrected chi connectivity index (χ3v) is 2.42. The lowest BCUT2D eigenvalue weighted by Gasteiger charge is -2.08. The summed E-state index contributed by atoms with van der Waals surface area (Å²) >= 11 is 1.64. The first-order valence-electron chi connectivity index (χ1n) is 3.65. The molecule has 0 aliphatic carbocycles. The predicted molar refractivity (Wildman–Crippen MR) is 51.7 cm³/mol. The summed E-state index contributed by atoms with van der Waals surface area (Å²) in [5.41, 5.74) is 0. The van der Waals surface area contributed by atoms with E-state index >= 15 is 0 Å². The fraction of sp³-hybridized carbons (Fsp3) is 0.250. The summed E-state index contributed by atoms with van der Waals surface area (Å²) in [4.78, 5) is 11.5. The molecule has 0 amide bonds. The Morgan fingerprint density at radius 1 is 1.42 bits per heavy atom. The molecule has 0 aliphatic heterocycles. The quantitative estimate of drug-likeness (QED) is 0.668. The van der Waals surface area contributed by atoms with E-state index in [1.54, 1.807) is 11.3 Å². The van der Waals surface area contributed by atoms with E-state index in [2.05, 4.69) is 9.97 Å². The number of hydrogen-bond donors (Lipinski definition) is 0. The number of aromatic nitrogens is 2. The zero-order chi connectivity index (χ0) is 8.55. The summed E-state index contributed by atoms with van der Waals surface area (Å²) in [5, 5.41) is 3.14. The lowest BCUT2D eigenvalue weighted by Crippen LogP contribution is -2.11. The van der Waals surface area contributed by atoms with E-state index in [1.165, 1.54) is 0 Å². The Balaban J connectivity index is 2.60. The van der Waals surface area contributed by atoms with Crippen LogP contribution in [0.15, 0.2) is 17.6 Å². The van der Waals surface area contributed by atoms with Crippen molar-refractivity contribution < 1.29 is 0 Å². The highest BCUT2D eigenvalue weighted by Gasteiger charge is 2.01. The maximum Gasteiger partial charge on any atom is 0.226 e. The zero-order valence-corrected chi connectivity index (χ0v) is 7.80. The van der Waals surface area contributed by atoms with Crippen LogP contribution < -0.4 is 4.90 Å². The van der Waals surface area contributed by atoms with Crippen LogP contribution in [-0.2, 0) is 0 Å². The summed E-state index contributed by atoms with van der Waals surface area (Å²) in [6, 6.07) is 2.03. The number of hydrogen-bond acceptors (Lipinski definition) is 4. The molecule has 0 atom stereocenters. The van der Waals surface area contributed by atoms with Crippen molar-refractivity contribution in [2.45, 2.75) is 0 Å². The Morgan fingerprint density at radius 3 is 3.00 bits per heavy atom. The number of rotatable bonds is 1. The van der Waals surface area contributed by atoms with Gasteiger partial charge < -0.3 is 4.90 Å². The van der Waals surface area contributed by atoms with Crippen LogP contribution in [0.5, 0.6) is 0 Å². The van der Waals surface area contributed by atoms with Crippen LogP contribution in [0.25, 0.3) is 10.2 Å². The lowest BCUT2D eigenvalue weighted by atomic mass is 10.4. The van der Waals surface area contributed by atoms with Gasteiger partial charge in [0.05, 0.1) is 0 Å². The molecule has 62 valence electrons. The van der Waals surface area contributed by atoms with Crippen molar-refractivity contribution in [1.29, 1.82) is 0 Å². The topological polar surface area (TPSA) is 29.0 Å². The van der Waals surface area contributed by atoms with E-state index in [4.69, 9.17) is 0 Å². The van der Waals surface area contributed by atoms with Crippen molar-refractivity contribution in [1.82, 2.24) is 9.97 Å². The van der Waals surface area contributed by atoms with Gasteiger partial charge in [-0.15, -0.1) is 11.3 Å². The van der Waals surface area contributed by atoms with Crippen molar-refractivity contribution >= 4 is 27.5 Å². The molecule has 0 fully saturated rings. The molecule has 3 nitrogen and oxygen atoms in total. The highest BCUT2D eigenvalue weighted by Crippen LogP contribution is 2.18. The van der Waals surface area contributed by atoms with Crippen LogP contribution in [-0.4, -0.2) is 24.1 Å². The Bertz CT molecular complexity index is 394. The monoisotopic (exact) mass is 179 g/mol. The van der Waals surface area contributed by atoms with Gasteiger partial charge in [-0.25, -0.2) is 9.97 Å². The fourth-order valence-electron chi connectivity index (χ4n) is 0.963. The number of anilines is 1. The van der Waals surface area contributed by atoms with Gasteiger partial charge in [-0.1, -0.05) is 0 Å². The molecule has 0 radical (unpaired) electrons. The summed E-state index contributed by atoms with van der Waals surface area (Å²) in [6.07, 6.45) is 1.86. The van der Waals surface area contributed by atoms with Crippen LogP contribution in [0.1, 0.15) is 0 Å². The van der Waals surface area contributed by atoms with E-state index in [0.29, 0.717) is 0 Å². The van der Waals surface area contributed by atoms with Crippen molar-refractivity contribution in [3.05, 3.63) is 17.6 Å². The highest BCUT2D eigenvalue weighted by atomic mass is 32.1. The van der Waals surface area contributed by atoms with E-state index in [0.717, 1.165) is 16.2 Å². The standard InChI is InChI=1S/C8H9N3S/c1-11(2)8-9-5-6-3-4-12-7(6)10-8/h3-5H,1-2H3. The molecule has 0 spiro atoms. The average Bonchev–Trinajstić information content (AvgIpc) is 2.49. The first-order valence-corrected chi connectivity index (χ1v) is 4.53. The second-order valence-electron chi connectivity index (χ2n) is 2.75. The van der Waals surface area contributed by atoms with Crippen LogP contribution in [0.2, 0.25) is 0 Å². The minimum absolute atomic E-state index is 0.768. The van der Waals surface area contributed by atoms with Crippen LogP contribution in [0, 0.1) is 0 Å². The lowest BCUT2D eigenvalue weighted by molar-refractivity contribution is 1.02. The predicted octanol–water partition coefficient (Wildman–Crippen LogP) is 1.76. The molecular formula is C8H9N3S. The number of nitrogens with zero attached hydrogens (tertiary/aromatic N) is 3. The second-order valence-corrected chi connectivity index (χ2v) is 3.64. The van der Waals surface area contributed by atoms with E-state index in [9.17, 15) is 0 Å². The largest absolute Gasteiger partial charge is 0.347 e. The van der Waals surface area contributed by atoms with Gasteiger partial charge in [0, 0.05) is 25.7 Å². The van der Waals surface area contributed by atoms with Crippen LogP contribution in [0.3, 0.4) is 0 Å². The minimum Gasteiger partial charge on any atom is -0.347 e. The molecule has 0 unspecified atom stereocenters. The first kappa shape index (κ1) is 7.49. The average molecular weight is 179 g/mol. The van der Waals surface area contributed by atoms with Gasteiger partial charge in [0.25, 0.3) is 0 Å². The van der Waals surface area contributed by atoms with Gasteiger partial charge >= 0.3 is 0 Å². The summed E-state index contributed by atoms with van der Waals surface area (Å²) in [7, 11) is 3.88. The van der Waals surface area contributed by atoms with Gasteiger partial charge in [0.15, 0.2) is 0 Å². The number of fused-ring (bicyclic) bond motifs is 1. The molecule has 2 aromatic rings. The Labute approximate surface area is 74.7 Å². The van der Waals surface area contributed by atoms with Crippen molar-refractivity contribution in [2.75, 3.05) is 19.0 Å². The van der Waals surface area contributed by atoms with Gasteiger partial charge in [-0.3, -0.25) is 0 Å². The molecule has 2 aromatic heterocycles. The minimum atomic E-state index is 0.768. The maximum absolute atomic E-state index is 4.37. The van der Waals surface area contributed by atoms with Gasteiger partial charge in [0.1, 0.15) is 4.83 Å². The third-order valence-electron chi connectivity index (χ3n) is 1.59. The van der Waals surface area contributed by atoms with Crippen molar-refractivity contribution in [2.24, 2.45) is 0 Å². The Morgan fingerprint density at radius 2 is 2.25 bits per heavy atom. The molecule has 2 rings (SSSR count). The van der Waals surface area contributed by atoms with Gasteiger partial charge in [-0.2, -0.15) is 0 Å². The van der Waals surface area contributed by atoms with Gasteiger partial charge in [-0.05, 0) is 11.4 Å². The molecule has 4 heteroatoms. The SMILES string of the molecule is CN(C)c1ncc2ccsc2n1. The smallest absolute Gasteiger partial charge is 0.226 e.